The quantitative estimate of drug-likeness (QED) is 0.911. The van der Waals surface area contributed by atoms with Gasteiger partial charge in [-0.2, -0.15) is 0 Å². The van der Waals surface area contributed by atoms with E-state index in [0.717, 1.165) is 32.6 Å². The molecule has 0 bridgehead atoms. The Morgan fingerprint density at radius 1 is 1.24 bits per heavy atom. The Morgan fingerprint density at radius 3 is 2.76 bits per heavy atom. The summed E-state index contributed by atoms with van der Waals surface area (Å²) >= 11 is 3.47. The number of fused-ring (bicyclic) bond motifs is 1. The molecule has 1 amide bonds. The fourth-order valence-electron chi connectivity index (χ4n) is 2.80. The van der Waals surface area contributed by atoms with Crippen molar-refractivity contribution in [2.45, 2.75) is 19.3 Å². The van der Waals surface area contributed by atoms with Gasteiger partial charge in [0.05, 0.1) is 13.0 Å². The smallest absolute Gasteiger partial charge is 0.232 e. The molecule has 4 heteroatoms. The average Bonchev–Trinajstić information content (AvgIpc) is 2.75. The van der Waals surface area contributed by atoms with Crippen LogP contribution in [0.4, 0.5) is 5.69 Å². The summed E-state index contributed by atoms with van der Waals surface area (Å²) in [5, 5.41) is 2.95. The molecular formula is C17H16BrNO2. The predicted molar refractivity (Wildman–Crippen MR) is 86.9 cm³/mol. The molecule has 0 aliphatic carbocycles. The van der Waals surface area contributed by atoms with Crippen LogP contribution in [-0.2, 0) is 11.2 Å². The fraction of sp³-hybridized carbons (Fsp3) is 0.235. The molecule has 2 aromatic rings. The van der Waals surface area contributed by atoms with Gasteiger partial charge < -0.3 is 10.1 Å². The van der Waals surface area contributed by atoms with E-state index < -0.39 is 0 Å². The van der Waals surface area contributed by atoms with E-state index >= 15 is 0 Å². The maximum Gasteiger partial charge on any atom is 0.232 e. The number of rotatable bonds is 3. The van der Waals surface area contributed by atoms with Gasteiger partial charge >= 0.3 is 0 Å². The SMILES string of the molecule is COc1ccc(C[C@H]2C(=O)Nc3ccc(Br)cc32)cc1C. The molecule has 0 spiro atoms. The third-order valence-electron chi connectivity index (χ3n) is 3.86. The molecule has 3 rings (SSSR count). The molecule has 0 saturated carbocycles. The molecule has 2 aromatic carbocycles. The molecule has 0 aromatic heterocycles. The van der Waals surface area contributed by atoms with Crippen molar-refractivity contribution < 1.29 is 9.53 Å². The molecule has 0 saturated heterocycles. The number of carbonyl (C=O) groups excluding carboxylic acids is 1. The summed E-state index contributed by atoms with van der Waals surface area (Å²) < 4.78 is 6.27. The van der Waals surface area contributed by atoms with Gasteiger partial charge in [-0.25, -0.2) is 0 Å². The molecule has 3 nitrogen and oxygen atoms in total. The third-order valence-corrected chi connectivity index (χ3v) is 4.36. The van der Waals surface area contributed by atoms with Gasteiger partial charge in [-0.15, -0.1) is 0 Å². The first-order valence-electron chi connectivity index (χ1n) is 6.82. The van der Waals surface area contributed by atoms with Gasteiger partial charge in [-0.05, 0) is 54.3 Å². The van der Waals surface area contributed by atoms with Crippen molar-refractivity contribution >= 4 is 27.5 Å². The number of hydrogen-bond donors (Lipinski definition) is 1. The molecule has 1 N–H and O–H groups in total. The summed E-state index contributed by atoms with van der Waals surface area (Å²) in [5.74, 6) is 0.805. The molecule has 108 valence electrons. The molecule has 0 unspecified atom stereocenters. The minimum atomic E-state index is -0.134. The average molecular weight is 346 g/mol. The number of nitrogens with one attached hydrogen (secondary N) is 1. The minimum Gasteiger partial charge on any atom is -0.496 e. The number of aryl methyl sites for hydroxylation is 1. The van der Waals surface area contributed by atoms with Gasteiger partial charge in [-0.3, -0.25) is 4.79 Å². The van der Waals surface area contributed by atoms with E-state index in [4.69, 9.17) is 4.74 Å². The van der Waals surface area contributed by atoms with E-state index in [0.29, 0.717) is 6.42 Å². The number of amides is 1. The van der Waals surface area contributed by atoms with E-state index in [1.54, 1.807) is 7.11 Å². The van der Waals surface area contributed by atoms with Crippen molar-refractivity contribution in [3.05, 3.63) is 57.6 Å². The van der Waals surface area contributed by atoms with E-state index in [-0.39, 0.29) is 11.8 Å². The molecule has 1 aliphatic rings. The molecule has 0 radical (unpaired) electrons. The largest absolute Gasteiger partial charge is 0.496 e. The first-order valence-corrected chi connectivity index (χ1v) is 7.61. The zero-order valence-corrected chi connectivity index (χ0v) is 13.5. The topological polar surface area (TPSA) is 38.3 Å². The number of carbonyl (C=O) groups is 1. The summed E-state index contributed by atoms with van der Waals surface area (Å²) in [6, 6.07) is 12.0. The molecule has 1 heterocycles. The van der Waals surface area contributed by atoms with Gasteiger partial charge in [0, 0.05) is 10.2 Å². The van der Waals surface area contributed by atoms with Gasteiger partial charge in [0.1, 0.15) is 5.75 Å². The molecule has 1 atom stereocenters. The van der Waals surface area contributed by atoms with Crippen LogP contribution < -0.4 is 10.1 Å². The highest BCUT2D eigenvalue weighted by Crippen LogP contribution is 2.36. The van der Waals surface area contributed by atoms with Crippen LogP contribution in [0, 0.1) is 6.92 Å². The predicted octanol–water partition coefficient (Wildman–Crippen LogP) is 4.04. The number of methoxy groups -OCH3 is 1. The van der Waals surface area contributed by atoms with Crippen LogP contribution in [0.1, 0.15) is 22.6 Å². The Kier molecular flexibility index (Phi) is 3.72. The van der Waals surface area contributed by atoms with E-state index in [9.17, 15) is 4.79 Å². The number of ether oxygens (including phenoxy) is 1. The van der Waals surface area contributed by atoms with Crippen LogP contribution in [0.5, 0.6) is 5.75 Å². The Labute approximate surface area is 132 Å². The highest BCUT2D eigenvalue weighted by molar-refractivity contribution is 9.10. The van der Waals surface area contributed by atoms with Crippen molar-refractivity contribution in [3.63, 3.8) is 0 Å². The standard InChI is InChI=1S/C17H16BrNO2/c1-10-7-11(3-6-16(10)21-2)8-14-13-9-12(18)4-5-15(13)19-17(14)20/h3-7,9,14H,8H2,1-2H3,(H,19,20)/t14-/m1/s1. The zero-order chi connectivity index (χ0) is 15.0. The Balaban J connectivity index is 1.90. The van der Waals surface area contributed by atoms with Crippen molar-refractivity contribution in [1.82, 2.24) is 0 Å². The summed E-state index contributed by atoms with van der Waals surface area (Å²) in [5.41, 5.74) is 4.20. The number of hydrogen-bond acceptors (Lipinski definition) is 2. The van der Waals surface area contributed by atoms with Crippen LogP contribution >= 0.6 is 15.9 Å². The maximum atomic E-state index is 12.2. The van der Waals surface area contributed by atoms with E-state index in [1.165, 1.54) is 0 Å². The summed E-state index contributed by atoms with van der Waals surface area (Å²) in [4.78, 5) is 12.2. The lowest BCUT2D eigenvalue weighted by Gasteiger charge is -2.11. The normalized spacial score (nSPS) is 16.5. The Morgan fingerprint density at radius 2 is 2.05 bits per heavy atom. The summed E-state index contributed by atoms with van der Waals surface area (Å²) in [6.45, 7) is 2.02. The second kappa shape index (κ2) is 5.53. The van der Waals surface area contributed by atoms with Gasteiger partial charge in [0.25, 0.3) is 0 Å². The van der Waals surface area contributed by atoms with Crippen LogP contribution in [0.25, 0.3) is 0 Å². The van der Waals surface area contributed by atoms with Crippen molar-refractivity contribution in [1.29, 1.82) is 0 Å². The summed E-state index contributed by atoms with van der Waals surface area (Å²) in [6.07, 6.45) is 0.695. The van der Waals surface area contributed by atoms with E-state index in [2.05, 4.69) is 27.3 Å². The summed E-state index contributed by atoms with van der Waals surface area (Å²) in [7, 11) is 1.67. The maximum absolute atomic E-state index is 12.2. The molecular weight excluding hydrogens is 330 g/mol. The third kappa shape index (κ3) is 2.68. The molecule has 1 aliphatic heterocycles. The molecule has 0 fully saturated rings. The zero-order valence-electron chi connectivity index (χ0n) is 11.9. The lowest BCUT2D eigenvalue weighted by atomic mass is 9.92. The molecule has 21 heavy (non-hydrogen) atoms. The highest BCUT2D eigenvalue weighted by Gasteiger charge is 2.30. The van der Waals surface area contributed by atoms with E-state index in [1.807, 2.05) is 37.3 Å². The van der Waals surface area contributed by atoms with Crippen LogP contribution in [0.15, 0.2) is 40.9 Å². The van der Waals surface area contributed by atoms with Crippen LogP contribution in [0.2, 0.25) is 0 Å². The van der Waals surface area contributed by atoms with Crippen molar-refractivity contribution in [2.24, 2.45) is 0 Å². The Bertz CT molecular complexity index is 712. The second-order valence-corrected chi connectivity index (χ2v) is 6.20. The second-order valence-electron chi connectivity index (χ2n) is 5.28. The van der Waals surface area contributed by atoms with Crippen LogP contribution in [0.3, 0.4) is 0 Å². The number of halogens is 1. The lowest BCUT2D eigenvalue weighted by molar-refractivity contribution is -0.117. The minimum absolute atomic E-state index is 0.0663. The van der Waals surface area contributed by atoms with Crippen molar-refractivity contribution in [3.8, 4) is 5.75 Å². The van der Waals surface area contributed by atoms with Crippen LogP contribution in [-0.4, -0.2) is 13.0 Å². The number of anilines is 1. The van der Waals surface area contributed by atoms with Gasteiger partial charge in [0.15, 0.2) is 0 Å². The number of benzene rings is 2. The van der Waals surface area contributed by atoms with Gasteiger partial charge in [-0.1, -0.05) is 28.1 Å². The highest BCUT2D eigenvalue weighted by atomic mass is 79.9. The lowest BCUT2D eigenvalue weighted by Crippen LogP contribution is -2.14. The fourth-order valence-corrected chi connectivity index (χ4v) is 3.18. The van der Waals surface area contributed by atoms with Gasteiger partial charge in [0.2, 0.25) is 5.91 Å². The first kappa shape index (κ1) is 14.1. The Hall–Kier alpha value is -1.81. The van der Waals surface area contributed by atoms with Crippen molar-refractivity contribution in [2.75, 3.05) is 12.4 Å². The monoisotopic (exact) mass is 345 g/mol. The first-order chi connectivity index (χ1) is 10.1.